The van der Waals surface area contributed by atoms with Crippen molar-refractivity contribution >= 4 is 17.4 Å². The summed E-state index contributed by atoms with van der Waals surface area (Å²) in [6.45, 7) is 6.02. The molecule has 1 N–H and O–H groups in total. The Morgan fingerprint density at radius 3 is 2.62 bits per heavy atom. The van der Waals surface area contributed by atoms with Crippen molar-refractivity contribution in [3.8, 4) is 11.1 Å². The molecule has 5 heteroatoms. The molecule has 0 aliphatic carbocycles. The Kier molecular flexibility index (Phi) is 3.55. The third kappa shape index (κ3) is 2.74. The van der Waals surface area contributed by atoms with Crippen molar-refractivity contribution in [1.29, 1.82) is 5.26 Å². The zero-order valence-electron chi connectivity index (χ0n) is 9.75. The quantitative estimate of drug-likeness (QED) is 0.818. The highest BCUT2D eigenvalue weighted by molar-refractivity contribution is 7.14. The SMILES string of the molecule is CNC(=O)Oc1sc(C#N)cc1C(C)(C)C. The van der Waals surface area contributed by atoms with E-state index in [-0.39, 0.29) is 5.41 Å². The normalized spacial score (nSPS) is 10.7. The number of amides is 1. The molecule has 0 fully saturated rings. The van der Waals surface area contributed by atoms with Gasteiger partial charge < -0.3 is 10.1 Å². The van der Waals surface area contributed by atoms with E-state index in [1.54, 1.807) is 6.07 Å². The van der Waals surface area contributed by atoms with Crippen molar-refractivity contribution < 1.29 is 9.53 Å². The molecule has 1 aromatic rings. The number of hydrogen-bond acceptors (Lipinski definition) is 4. The summed E-state index contributed by atoms with van der Waals surface area (Å²) in [4.78, 5) is 11.7. The van der Waals surface area contributed by atoms with Crippen molar-refractivity contribution in [1.82, 2.24) is 5.32 Å². The lowest BCUT2D eigenvalue weighted by Crippen LogP contribution is -2.23. The molecule has 0 bridgehead atoms. The first-order valence-corrected chi connectivity index (χ1v) is 5.64. The van der Waals surface area contributed by atoms with Crippen molar-refractivity contribution in [2.45, 2.75) is 26.2 Å². The van der Waals surface area contributed by atoms with Crippen LogP contribution in [0.4, 0.5) is 4.79 Å². The highest BCUT2D eigenvalue weighted by Gasteiger charge is 2.23. The first kappa shape index (κ1) is 12.5. The lowest BCUT2D eigenvalue weighted by Gasteiger charge is -2.18. The summed E-state index contributed by atoms with van der Waals surface area (Å²) in [6.07, 6.45) is -0.517. The van der Waals surface area contributed by atoms with Crippen molar-refractivity contribution in [2.75, 3.05) is 7.05 Å². The average Bonchev–Trinajstić information content (AvgIpc) is 2.60. The molecule has 1 aromatic heterocycles. The minimum Gasteiger partial charge on any atom is -0.399 e. The Balaban J connectivity index is 3.12. The number of nitriles is 1. The maximum Gasteiger partial charge on any atom is 0.413 e. The minimum atomic E-state index is -0.517. The molecule has 0 atom stereocenters. The van der Waals surface area contributed by atoms with Gasteiger partial charge in [0, 0.05) is 12.6 Å². The minimum absolute atomic E-state index is 0.158. The largest absolute Gasteiger partial charge is 0.413 e. The highest BCUT2D eigenvalue weighted by Crippen LogP contribution is 2.38. The third-order valence-electron chi connectivity index (χ3n) is 2.01. The van der Waals surface area contributed by atoms with Gasteiger partial charge in [-0.2, -0.15) is 5.26 Å². The van der Waals surface area contributed by atoms with Gasteiger partial charge in [0.05, 0.1) is 0 Å². The van der Waals surface area contributed by atoms with E-state index in [9.17, 15) is 4.79 Å². The Morgan fingerprint density at radius 2 is 2.19 bits per heavy atom. The van der Waals surface area contributed by atoms with Crippen LogP contribution >= 0.6 is 11.3 Å². The molecule has 0 aliphatic heterocycles. The summed E-state index contributed by atoms with van der Waals surface area (Å²) in [7, 11) is 1.50. The lowest BCUT2D eigenvalue weighted by molar-refractivity contribution is 0.203. The van der Waals surface area contributed by atoms with Gasteiger partial charge >= 0.3 is 6.09 Å². The van der Waals surface area contributed by atoms with Crippen LogP contribution in [0.15, 0.2) is 6.07 Å². The maximum atomic E-state index is 11.1. The molecular formula is C11H14N2O2S. The van der Waals surface area contributed by atoms with E-state index in [2.05, 4.69) is 11.4 Å². The number of nitrogens with one attached hydrogen (secondary N) is 1. The van der Waals surface area contributed by atoms with Crippen LogP contribution in [0.5, 0.6) is 5.06 Å². The zero-order chi connectivity index (χ0) is 12.3. The fraction of sp³-hybridized carbons (Fsp3) is 0.455. The number of carbonyl (C=O) groups is 1. The number of thiophene rings is 1. The van der Waals surface area contributed by atoms with Gasteiger partial charge in [-0.3, -0.25) is 0 Å². The van der Waals surface area contributed by atoms with E-state index in [1.165, 1.54) is 18.4 Å². The van der Waals surface area contributed by atoms with Gasteiger partial charge in [-0.05, 0) is 11.5 Å². The van der Waals surface area contributed by atoms with Gasteiger partial charge in [0.2, 0.25) is 0 Å². The predicted octanol–water partition coefficient (Wildman–Crippen LogP) is 2.64. The summed E-state index contributed by atoms with van der Waals surface area (Å²) in [5.41, 5.74) is 0.715. The van der Waals surface area contributed by atoms with Crippen LogP contribution in [-0.4, -0.2) is 13.1 Å². The fourth-order valence-electron chi connectivity index (χ4n) is 1.16. The molecule has 1 rings (SSSR count). The monoisotopic (exact) mass is 238 g/mol. The van der Waals surface area contributed by atoms with Gasteiger partial charge in [-0.25, -0.2) is 4.79 Å². The molecule has 4 nitrogen and oxygen atoms in total. The Bertz CT molecular complexity index is 438. The molecular weight excluding hydrogens is 224 g/mol. The van der Waals surface area contributed by atoms with Crippen LogP contribution in [0.1, 0.15) is 31.2 Å². The van der Waals surface area contributed by atoms with Gasteiger partial charge in [-0.1, -0.05) is 32.1 Å². The molecule has 1 heterocycles. The molecule has 0 unspecified atom stereocenters. The number of rotatable bonds is 1. The van der Waals surface area contributed by atoms with E-state index in [0.29, 0.717) is 9.94 Å². The smallest absolute Gasteiger partial charge is 0.399 e. The highest BCUT2D eigenvalue weighted by atomic mass is 32.1. The predicted molar refractivity (Wildman–Crippen MR) is 62.8 cm³/mol. The standard InChI is InChI=1S/C11H14N2O2S/c1-11(2,3)8-5-7(6-12)16-9(8)15-10(14)13-4/h5H,1-4H3,(H,13,14). The first-order chi connectivity index (χ1) is 7.38. The molecule has 0 spiro atoms. The second-order valence-corrected chi connectivity index (χ2v) is 5.33. The van der Waals surface area contributed by atoms with Crippen LogP contribution in [0.3, 0.4) is 0 Å². The van der Waals surface area contributed by atoms with Gasteiger partial charge in [0.25, 0.3) is 0 Å². The number of nitrogens with zero attached hydrogens (tertiary/aromatic N) is 1. The number of hydrogen-bond donors (Lipinski definition) is 1. The summed E-state index contributed by atoms with van der Waals surface area (Å²) in [5, 5.41) is 11.7. The zero-order valence-corrected chi connectivity index (χ0v) is 10.6. The van der Waals surface area contributed by atoms with Crippen LogP contribution in [-0.2, 0) is 5.41 Å². The van der Waals surface area contributed by atoms with Crippen molar-refractivity contribution in [3.05, 3.63) is 16.5 Å². The topological polar surface area (TPSA) is 62.1 Å². The summed E-state index contributed by atoms with van der Waals surface area (Å²) < 4.78 is 5.12. The van der Waals surface area contributed by atoms with Gasteiger partial charge in [0.15, 0.2) is 5.06 Å². The molecule has 0 aromatic carbocycles. The van der Waals surface area contributed by atoms with Crippen LogP contribution in [0.25, 0.3) is 0 Å². The lowest BCUT2D eigenvalue weighted by atomic mass is 9.89. The molecule has 16 heavy (non-hydrogen) atoms. The Morgan fingerprint density at radius 1 is 1.56 bits per heavy atom. The van der Waals surface area contributed by atoms with Crippen LogP contribution in [0, 0.1) is 11.3 Å². The van der Waals surface area contributed by atoms with Gasteiger partial charge in [-0.15, -0.1) is 0 Å². The van der Waals surface area contributed by atoms with Gasteiger partial charge in [0.1, 0.15) is 10.9 Å². The molecule has 0 radical (unpaired) electrons. The van der Waals surface area contributed by atoms with E-state index < -0.39 is 6.09 Å². The van der Waals surface area contributed by atoms with Crippen molar-refractivity contribution in [2.24, 2.45) is 0 Å². The Hall–Kier alpha value is -1.54. The molecule has 0 aliphatic rings. The number of carbonyl (C=O) groups excluding carboxylic acids is 1. The summed E-state index contributed by atoms with van der Waals surface area (Å²) >= 11 is 1.19. The second kappa shape index (κ2) is 4.54. The van der Waals surface area contributed by atoms with E-state index in [1.807, 2.05) is 20.8 Å². The Labute approximate surface area is 98.8 Å². The first-order valence-electron chi connectivity index (χ1n) is 4.82. The third-order valence-corrected chi connectivity index (χ3v) is 2.92. The second-order valence-electron chi connectivity index (χ2n) is 4.31. The summed E-state index contributed by atoms with van der Waals surface area (Å²) in [6, 6.07) is 3.82. The van der Waals surface area contributed by atoms with E-state index in [0.717, 1.165) is 5.56 Å². The van der Waals surface area contributed by atoms with E-state index >= 15 is 0 Å². The fourth-order valence-corrected chi connectivity index (χ4v) is 2.18. The van der Waals surface area contributed by atoms with Crippen LogP contribution < -0.4 is 10.1 Å². The van der Waals surface area contributed by atoms with Crippen LogP contribution in [0.2, 0.25) is 0 Å². The molecule has 0 saturated heterocycles. The summed E-state index contributed by atoms with van der Waals surface area (Å²) in [5.74, 6) is 0. The molecule has 1 amide bonds. The number of ether oxygens (including phenoxy) is 1. The van der Waals surface area contributed by atoms with E-state index in [4.69, 9.17) is 10.00 Å². The maximum absolute atomic E-state index is 11.1. The molecule has 86 valence electrons. The average molecular weight is 238 g/mol. The molecule has 0 saturated carbocycles. The van der Waals surface area contributed by atoms with Crippen molar-refractivity contribution in [3.63, 3.8) is 0 Å².